The normalized spacial score (nSPS) is 29.4. The molecule has 0 unspecified atom stereocenters. The van der Waals surface area contributed by atoms with Crippen molar-refractivity contribution in [2.24, 2.45) is 5.92 Å². The van der Waals surface area contributed by atoms with Crippen LogP contribution in [0.15, 0.2) is 0 Å². The maximum atomic E-state index is 10.4. The topological polar surface area (TPSA) is 46.9 Å². The number of rotatable bonds is 6. The summed E-state index contributed by atoms with van der Waals surface area (Å²) in [5, 5.41) is 20.6. The number of hydrogen-bond donors (Lipinski definition) is 2. The molecule has 2 fully saturated rings. The highest BCUT2D eigenvalue weighted by Gasteiger charge is 2.29. The summed E-state index contributed by atoms with van der Waals surface area (Å²) in [7, 11) is 0. The van der Waals surface area contributed by atoms with E-state index < -0.39 is 0 Å². The van der Waals surface area contributed by atoms with Crippen molar-refractivity contribution >= 4 is 0 Å². The molecule has 4 nitrogen and oxygen atoms in total. The van der Waals surface area contributed by atoms with Crippen LogP contribution < -0.4 is 0 Å². The zero-order valence-corrected chi connectivity index (χ0v) is 13.9. The van der Waals surface area contributed by atoms with Gasteiger partial charge in [0.1, 0.15) is 0 Å². The van der Waals surface area contributed by atoms with Crippen LogP contribution in [-0.2, 0) is 0 Å². The minimum Gasteiger partial charge on any atom is -0.392 e. The van der Waals surface area contributed by atoms with Gasteiger partial charge in [-0.3, -0.25) is 4.90 Å². The molecular weight excluding hydrogens is 264 g/mol. The largest absolute Gasteiger partial charge is 0.392 e. The lowest BCUT2D eigenvalue weighted by Crippen LogP contribution is -2.51. The number of likely N-dealkylation sites (tertiary alicyclic amines) is 2. The minimum atomic E-state index is -0.289. The molecule has 0 bridgehead atoms. The summed E-state index contributed by atoms with van der Waals surface area (Å²) in [6, 6.07) is 0.250. The quantitative estimate of drug-likeness (QED) is 0.783. The molecule has 124 valence electrons. The SMILES string of the molecule is CC[C@@H](O)[C@H]1CCCCN1C[C@H](O)CN1CCC(C)CC1. The van der Waals surface area contributed by atoms with Crippen LogP contribution in [0.5, 0.6) is 0 Å². The number of piperidine rings is 2. The lowest BCUT2D eigenvalue weighted by Gasteiger charge is -2.40. The van der Waals surface area contributed by atoms with E-state index in [1.807, 2.05) is 6.92 Å². The van der Waals surface area contributed by atoms with Crippen molar-refractivity contribution in [2.75, 3.05) is 32.7 Å². The van der Waals surface area contributed by atoms with E-state index in [-0.39, 0.29) is 18.2 Å². The van der Waals surface area contributed by atoms with E-state index in [1.165, 1.54) is 25.7 Å². The van der Waals surface area contributed by atoms with Crippen molar-refractivity contribution < 1.29 is 10.2 Å². The van der Waals surface area contributed by atoms with Crippen LogP contribution in [0.1, 0.15) is 52.4 Å². The lowest BCUT2D eigenvalue weighted by atomic mass is 9.95. The van der Waals surface area contributed by atoms with E-state index in [0.717, 1.165) is 44.9 Å². The van der Waals surface area contributed by atoms with Crippen LogP contribution in [0.2, 0.25) is 0 Å². The van der Waals surface area contributed by atoms with E-state index in [4.69, 9.17) is 0 Å². The molecule has 3 atom stereocenters. The Hall–Kier alpha value is -0.160. The number of hydrogen-bond acceptors (Lipinski definition) is 4. The average molecular weight is 298 g/mol. The third kappa shape index (κ3) is 5.20. The molecule has 0 aromatic heterocycles. The second kappa shape index (κ2) is 8.47. The highest BCUT2D eigenvalue weighted by Crippen LogP contribution is 2.22. The molecule has 0 aromatic carbocycles. The van der Waals surface area contributed by atoms with Crippen LogP contribution in [0.25, 0.3) is 0 Å². The average Bonchev–Trinajstić information content (AvgIpc) is 2.49. The zero-order chi connectivity index (χ0) is 15.2. The molecule has 0 spiro atoms. The first-order valence-electron chi connectivity index (χ1n) is 8.92. The van der Waals surface area contributed by atoms with Crippen LogP contribution in [-0.4, -0.2) is 71.0 Å². The van der Waals surface area contributed by atoms with Gasteiger partial charge in [0.25, 0.3) is 0 Å². The molecule has 2 saturated heterocycles. The van der Waals surface area contributed by atoms with Crippen LogP contribution >= 0.6 is 0 Å². The van der Waals surface area contributed by atoms with Gasteiger partial charge in [-0.25, -0.2) is 0 Å². The predicted octanol–water partition coefficient (Wildman–Crippen LogP) is 1.70. The Balaban J connectivity index is 1.78. The van der Waals surface area contributed by atoms with E-state index in [1.54, 1.807) is 0 Å². The lowest BCUT2D eigenvalue weighted by molar-refractivity contribution is -0.00988. The second-order valence-electron chi connectivity index (χ2n) is 7.17. The first kappa shape index (κ1) is 17.2. The summed E-state index contributed by atoms with van der Waals surface area (Å²) in [5.41, 5.74) is 0. The molecule has 0 radical (unpaired) electrons. The molecule has 0 aliphatic carbocycles. The van der Waals surface area contributed by atoms with Gasteiger partial charge in [-0.2, -0.15) is 0 Å². The van der Waals surface area contributed by atoms with Gasteiger partial charge in [0.2, 0.25) is 0 Å². The molecule has 2 aliphatic rings. The van der Waals surface area contributed by atoms with Crippen LogP contribution in [0.4, 0.5) is 0 Å². The third-order valence-electron chi connectivity index (χ3n) is 5.32. The molecular formula is C17H34N2O2. The Morgan fingerprint density at radius 1 is 1.00 bits per heavy atom. The van der Waals surface area contributed by atoms with Crippen molar-refractivity contribution in [3.8, 4) is 0 Å². The Bertz CT molecular complexity index is 293. The second-order valence-corrected chi connectivity index (χ2v) is 7.17. The van der Waals surface area contributed by atoms with Crippen molar-refractivity contribution in [1.82, 2.24) is 9.80 Å². The van der Waals surface area contributed by atoms with Crippen molar-refractivity contribution in [3.05, 3.63) is 0 Å². The standard InChI is InChI=1S/C17H34N2O2/c1-3-17(21)16-6-4-5-9-19(16)13-15(20)12-18-10-7-14(2)8-11-18/h14-17,20-21H,3-13H2,1-2H3/t15-,16-,17-/m1/s1. The number of aliphatic hydroxyl groups excluding tert-OH is 2. The van der Waals surface area contributed by atoms with Gasteiger partial charge in [-0.05, 0) is 57.7 Å². The smallest absolute Gasteiger partial charge is 0.0793 e. The fourth-order valence-corrected chi connectivity index (χ4v) is 3.82. The molecule has 0 aromatic rings. The fraction of sp³-hybridized carbons (Fsp3) is 1.00. The van der Waals surface area contributed by atoms with Crippen molar-refractivity contribution in [1.29, 1.82) is 0 Å². The molecule has 2 heterocycles. The number of nitrogens with zero attached hydrogens (tertiary/aromatic N) is 2. The molecule has 2 aliphatic heterocycles. The summed E-state index contributed by atoms with van der Waals surface area (Å²) < 4.78 is 0. The Morgan fingerprint density at radius 3 is 2.38 bits per heavy atom. The fourth-order valence-electron chi connectivity index (χ4n) is 3.82. The first-order chi connectivity index (χ1) is 10.1. The van der Waals surface area contributed by atoms with E-state index >= 15 is 0 Å². The summed E-state index contributed by atoms with van der Waals surface area (Å²) in [6.45, 7) is 9.14. The van der Waals surface area contributed by atoms with Gasteiger partial charge in [0.05, 0.1) is 12.2 Å². The van der Waals surface area contributed by atoms with Gasteiger partial charge in [0.15, 0.2) is 0 Å². The van der Waals surface area contributed by atoms with Gasteiger partial charge >= 0.3 is 0 Å². The maximum Gasteiger partial charge on any atom is 0.0793 e. The zero-order valence-electron chi connectivity index (χ0n) is 13.9. The molecule has 0 amide bonds. The van der Waals surface area contributed by atoms with Gasteiger partial charge in [0, 0.05) is 19.1 Å². The van der Waals surface area contributed by atoms with Gasteiger partial charge in [-0.15, -0.1) is 0 Å². The number of aliphatic hydroxyl groups is 2. The van der Waals surface area contributed by atoms with E-state index in [2.05, 4.69) is 16.7 Å². The van der Waals surface area contributed by atoms with E-state index in [0.29, 0.717) is 6.54 Å². The Morgan fingerprint density at radius 2 is 1.71 bits per heavy atom. The summed E-state index contributed by atoms with van der Waals surface area (Å²) >= 11 is 0. The van der Waals surface area contributed by atoms with Crippen molar-refractivity contribution in [3.63, 3.8) is 0 Å². The predicted molar refractivity (Wildman–Crippen MR) is 86.4 cm³/mol. The highest BCUT2D eigenvalue weighted by molar-refractivity contribution is 4.84. The van der Waals surface area contributed by atoms with E-state index in [9.17, 15) is 10.2 Å². The summed E-state index contributed by atoms with van der Waals surface area (Å²) in [5.74, 6) is 0.838. The molecule has 2 rings (SSSR count). The minimum absolute atomic E-state index is 0.242. The third-order valence-corrected chi connectivity index (χ3v) is 5.32. The summed E-state index contributed by atoms with van der Waals surface area (Å²) in [6.07, 6.45) is 6.27. The van der Waals surface area contributed by atoms with Gasteiger partial charge in [-0.1, -0.05) is 20.3 Å². The Kier molecular flexibility index (Phi) is 6.93. The van der Waals surface area contributed by atoms with Crippen LogP contribution in [0.3, 0.4) is 0 Å². The molecule has 0 saturated carbocycles. The molecule has 2 N–H and O–H groups in total. The maximum absolute atomic E-state index is 10.4. The summed E-state index contributed by atoms with van der Waals surface area (Å²) in [4.78, 5) is 4.73. The molecule has 4 heteroatoms. The first-order valence-corrected chi connectivity index (χ1v) is 8.92. The highest BCUT2D eigenvalue weighted by atomic mass is 16.3. The van der Waals surface area contributed by atoms with Gasteiger partial charge < -0.3 is 15.1 Å². The number of β-amino-alcohol motifs (C(OH)–C–C–N with tert-alkyl or cyclic N) is 1. The molecule has 21 heavy (non-hydrogen) atoms. The Labute approximate surface area is 130 Å². The van der Waals surface area contributed by atoms with Crippen LogP contribution in [0, 0.1) is 5.92 Å². The van der Waals surface area contributed by atoms with Crippen molar-refractivity contribution in [2.45, 2.75) is 70.6 Å². The monoisotopic (exact) mass is 298 g/mol.